The van der Waals surface area contributed by atoms with Crippen LogP contribution in [0.3, 0.4) is 0 Å². The number of nitro benzene ring substituents is 1. The first kappa shape index (κ1) is 15.7. The summed E-state index contributed by atoms with van der Waals surface area (Å²) in [6.45, 7) is 4.58. The summed E-state index contributed by atoms with van der Waals surface area (Å²) in [7, 11) is -3.88. The Hall–Kier alpha value is -1.67. The van der Waals surface area contributed by atoms with Gasteiger partial charge in [-0.15, -0.1) is 0 Å². The maximum atomic E-state index is 12.3. The number of nitrogens with zero attached hydrogens (tertiary/aromatic N) is 1. The number of hydrogen-bond acceptors (Lipinski definition) is 5. The van der Waals surface area contributed by atoms with E-state index in [1.165, 1.54) is 18.2 Å². The molecule has 0 saturated heterocycles. The highest BCUT2D eigenvalue weighted by atomic mass is 32.2. The molecule has 7 nitrogen and oxygen atoms in total. The predicted octanol–water partition coefficient (Wildman–Crippen LogP) is 2.10. The maximum Gasteiger partial charge on any atom is 0.289 e. The van der Waals surface area contributed by atoms with Crippen LogP contribution in [-0.4, -0.2) is 25.9 Å². The van der Waals surface area contributed by atoms with Gasteiger partial charge in [-0.05, 0) is 30.9 Å². The maximum absolute atomic E-state index is 12.3. The molecule has 2 rings (SSSR count). The summed E-state index contributed by atoms with van der Waals surface area (Å²) < 4.78 is 27.2. The van der Waals surface area contributed by atoms with E-state index in [1.54, 1.807) is 0 Å². The Bertz CT molecular complexity index is 645. The summed E-state index contributed by atoms with van der Waals surface area (Å²) in [5, 5.41) is 14.1. The van der Waals surface area contributed by atoms with E-state index < -0.39 is 20.6 Å². The normalized spacial score (nSPS) is 21.0. The van der Waals surface area contributed by atoms with E-state index in [9.17, 15) is 18.5 Å². The van der Waals surface area contributed by atoms with Crippen LogP contribution in [0.25, 0.3) is 0 Å². The van der Waals surface area contributed by atoms with E-state index in [-0.39, 0.29) is 16.9 Å². The van der Waals surface area contributed by atoms with Crippen molar-refractivity contribution in [2.45, 2.75) is 37.6 Å². The number of rotatable bonds is 7. The monoisotopic (exact) mass is 313 g/mol. The summed E-state index contributed by atoms with van der Waals surface area (Å²) in [5.41, 5.74) is 0.157. The highest BCUT2D eigenvalue weighted by Crippen LogP contribution is 2.33. The topological polar surface area (TPSA) is 101 Å². The van der Waals surface area contributed by atoms with Crippen LogP contribution in [-0.2, 0) is 10.0 Å². The SMILES string of the molecule is CCCNc1ccc([N+](=O)[O-])c(S(=O)(=O)NC2CC2C)c1. The van der Waals surface area contributed by atoms with Crippen molar-refractivity contribution in [3.05, 3.63) is 28.3 Å². The molecule has 0 heterocycles. The summed E-state index contributed by atoms with van der Waals surface area (Å²) in [5.74, 6) is 0.278. The van der Waals surface area contributed by atoms with Crippen molar-refractivity contribution in [3.8, 4) is 0 Å². The molecule has 1 fully saturated rings. The number of anilines is 1. The average molecular weight is 313 g/mol. The van der Waals surface area contributed by atoms with Gasteiger partial charge in [0.05, 0.1) is 4.92 Å². The van der Waals surface area contributed by atoms with E-state index in [0.29, 0.717) is 12.2 Å². The van der Waals surface area contributed by atoms with Crippen molar-refractivity contribution in [1.82, 2.24) is 4.72 Å². The molecule has 2 atom stereocenters. The molecule has 2 N–H and O–H groups in total. The van der Waals surface area contributed by atoms with Crippen molar-refractivity contribution in [1.29, 1.82) is 0 Å². The van der Waals surface area contributed by atoms with Crippen molar-refractivity contribution in [2.24, 2.45) is 5.92 Å². The highest BCUT2D eigenvalue weighted by molar-refractivity contribution is 7.89. The van der Waals surface area contributed by atoms with Crippen LogP contribution in [0.5, 0.6) is 0 Å². The minimum Gasteiger partial charge on any atom is -0.385 e. The van der Waals surface area contributed by atoms with Crippen LogP contribution in [0.15, 0.2) is 23.1 Å². The first-order valence-electron chi connectivity index (χ1n) is 6.89. The van der Waals surface area contributed by atoms with Gasteiger partial charge in [0.1, 0.15) is 0 Å². The van der Waals surface area contributed by atoms with Crippen molar-refractivity contribution in [3.63, 3.8) is 0 Å². The zero-order chi connectivity index (χ0) is 15.6. The molecule has 1 saturated carbocycles. The van der Waals surface area contributed by atoms with Crippen molar-refractivity contribution >= 4 is 21.4 Å². The standard InChI is InChI=1S/C13H19N3O4S/c1-3-6-14-10-4-5-12(16(17)18)13(8-10)21(19,20)15-11-7-9(11)2/h4-5,8-9,11,14-15H,3,6-7H2,1-2H3. The van der Waals surface area contributed by atoms with Gasteiger partial charge in [-0.3, -0.25) is 10.1 Å². The number of hydrogen-bond donors (Lipinski definition) is 2. The lowest BCUT2D eigenvalue weighted by atomic mass is 10.3. The Morgan fingerprint density at radius 3 is 2.62 bits per heavy atom. The first-order valence-corrected chi connectivity index (χ1v) is 8.38. The highest BCUT2D eigenvalue weighted by Gasteiger charge is 2.38. The molecule has 0 amide bonds. The molecule has 1 aromatic rings. The number of benzene rings is 1. The van der Waals surface area contributed by atoms with Gasteiger partial charge < -0.3 is 5.32 Å². The third kappa shape index (κ3) is 3.70. The van der Waals surface area contributed by atoms with Crippen LogP contribution in [0.1, 0.15) is 26.7 Å². The van der Waals surface area contributed by atoms with Gasteiger partial charge in [-0.1, -0.05) is 13.8 Å². The molecule has 8 heteroatoms. The zero-order valence-electron chi connectivity index (χ0n) is 12.0. The number of nitro groups is 1. The third-order valence-corrected chi connectivity index (χ3v) is 4.96. The molecular weight excluding hydrogens is 294 g/mol. The van der Waals surface area contributed by atoms with E-state index in [1.807, 2.05) is 13.8 Å². The summed E-state index contributed by atoms with van der Waals surface area (Å²) in [6, 6.07) is 3.94. The second kappa shape index (κ2) is 5.98. The average Bonchev–Trinajstić information content (AvgIpc) is 3.10. The Kier molecular flexibility index (Phi) is 4.48. The quantitative estimate of drug-likeness (QED) is 0.593. The fraction of sp³-hybridized carbons (Fsp3) is 0.538. The van der Waals surface area contributed by atoms with Gasteiger partial charge in [0.25, 0.3) is 5.69 Å². The van der Waals surface area contributed by atoms with Gasteiger partial charge >= 0.3 is 0 Å². The number of sulfonamides is 1. The van der Waals surface area contributed by atoms with Crippen LogP contribution in [0, 0.1) is 16.0 Å². The molecule has 116 valence electrons. The first-order chi connectivity index (χ1) is 9.85. The van der Waals surface area contributed by atoms with Gasteiger partial charge in [0.2, 0.25) is 10.0 Å². The lowest BCUT2D eigenvalue weighted by Crippen LogP contribution is -2.27. The largest absolute Gasteiger partial charge is 0.385 e. The Morgan fingerprint density at radius 2 is 2.10 bits per heavy atom. The molecule has 1 aliphatic carbocycles. The lowest BCUT2D eigenvalue weighted by Gasteiger charge is -2.10. The summed E-state index contributed by atoms with van der Waals surface area (Å²) in [4.78, 5) is 10.1. The van der Waals surface area contributed by atoms with E-state index in [4.69, 9.17) is 0 Å². The van der Waals surface area contributed by atoms with E-state index in [0.717, 1.165) is 12.8 Å². The molecule has 0 aliphatic heterocycles. The van der Waals surface area contributed by atoms with Crippen LogP contribution >= 0.6 is 0 Å². The Balaban J connectivity index is 2.35. The van der Waals surface area contributed by atoms with Crippen LogP contribution in [0.2, 0.25) is 0 Å². The van der Waals surface area contributed by atoms with Gasteiger partial charge in [0.15, 0.2) is 4.90 Å². The van der Waals surface area contributed by atoms with Gasteiger partial charge in [0, 0.05) is 24.3 Å². The molecule has 0 spiro atoms. The van der Waals surface area contributed by atoms with Crippen LogP contribution in [0.4, 0.5) is 11.4 Å². The molecule has 0 radical (unpaired) electrons. The molecule has 0 aromatic heterocycles. The molecule has 0 bridgehead atoms. The fourth-order valence-electron chi connectivity index (χ4n) is 2.01. The molecule has 21 heavy (non-hydrogen) atoms. The Labute approximate surface area is 123 Å². The van der Waals surface area contributed by atoms with Gasteiger partial charge in [-0.2, -0.15) is 0 Å². The molecule has 1 aliphatic rings. The Morgan fingerprint density at radius 1 is 1.43 bits per heavy atom. The fourth-order valence-corrected chi connectivity index (χ4v) is 3.56. The smallest absolute Gasteiger partial charge is 0.289 e. The second-order valence-corrected chi connectivity index (χ2v) is 6.99. The summed E-state index contributed by atoms with van der Waals surface area (Å²) in [6.07, 6.45) is 1.64. The van der Waals surface area contributed by atoms with E-state index in [2.05, 4.69) is 10.0 Å². The van der Waals surface area contributed by atoms with Crippen LogP contribution < -0.4 is 10.0 Å². The van der Waals surface area contributed by atoms with Crippen molar-refractivity contribution < 1.29 is 13.3 Å². The third-order valence-electron chi connectivity index (χ3n) is 3.44. The predicted molar refractivity (Wildman–Crippen MR) is 79.8 cm³/mol. The zero-order valence-corrected chi connectivity index (χ0v) is 12.8. The number of nitrogens with one attached hydrogen (secondary N) is 2. The second-order valence-electron chi connectivity index (χ2n) is 5.31. The van der Waals surface area contributed by atoms with Crippen molar-refractivity contribution in [2.75, 3.05) is 11.9 Å². The van der Waals surface area contributed by atoms with Gasteiger partial charge in [-0.25, -0.2) is 13.1 Å². The molecular formula is C13H19N3O4S. The minimum atomic E-state index is -3.88. The molecule has 2 unspecified atom stereocenters. The van der Waals surface area contributed by atoms with E-state index >= 15 is 0 Å². The minimum absolute atomic E-state index is 0.123. The molecule has 1 aromatic carbocycles. The lowest BCUT2D eigenvalue weighted by molar-refractivity contribution is -0.387. The summed E-state index contributed by atoms with van der Waals surface area (Å²) >= 11 is 0.